The van der Waals surface area contributed by atoms with Gasteiger partial charge in [0.25, 0.3) is 5.91 Å². The van der Waals surface area contributed by atoms with Crippen molar-refractivity contribution in [2.24, 2.45) is 0 Å². The zero-order valence-electron chi connectivity index (χ0n) is 27.1. The highest BCUT2D eigenvalue weighted by atomic mass is 16.2. The molecule has 0 spiro atoms. The van der Waals surface area contributed by atoms with Crippen molar-refractivity contribution >= 4 is 46.8 Å². The normalized spacial score (nSPS) is 15.8. The van der Waals surface area contributed by atoms with Crippen molar-refractivity contribution in [2.75, 3.05) is 39.7 Å². The summed E-state index contributed by atoms with van der Waals surface area (Å²) in [5.41, 5.74) is 8.96. The molecule has 1 aromatic carbocycles. The number of nitrogens with one attached hydrogen (secondary N) is 1. The van der Waals surface area contributed by atoms with E-state index in [0.717, 1.165) is 12.0 Å². The number of imide groups is 1. The maximum atomic E-state index is 12.8. The molecule has 0 bridgehead atoms. The molecule has 2 saturated heterocycles. The van der Waals surface area contributed by atoms with Crippen LogP contribution in [0.2, 0.25) is 0 Å². The van der Waals surface area contributed by atoms with Gasteiger partial charge in [-0.15, -0.1) is 0 Å². The van der Waals surface area contributed by atoms with Crippen LogP contribution in [0.1, 0.15) is 59.9 Å². The molecule has 2 aliphatic heterocycles. The van der Waals surface area contributed by atoms with Crippen molar-refractivity contribution in [3.05, 3.63) is 66.4 Å². The molecule has 45 heavy (non-hydrogen) atoms. The Bertz CT molecular complexity index is 1480. The fourth-order valence-corrected chi connectivity index (χ4v) is 5.52. The van der Waals surface area contributed by atoms with Crippen molar-refractivity contribution in [1.82, 2.24) is 14.9 Å². The zero-order valence-corrected chi connectivity index (χ0v) is 27.1. The van der Waals surface area contributed by atoms with E-state index in [1.165, 1.54) is 18.7 Å². The summed E-state index contributed by atoms with van der Waals surface area (Å²) in [7, 11) is 0. The molecular weight excluding hydrogens is 570 g/mol. The molecular formula is C34H43N7O4. The largest absolute Gasteiger partial charge is 0.358 e. The summed E-state index contributed by atoms with van der Waals surface area (Å²) in [5, 5.41) is 3.29. The number of rotatable bonds is 11. The Balaban J connectivity index is 0.00000102. The Labute approximate surface area is 265 Å². The lowest BCUT2D eigenvalue weighted by Gasteiger charge is -2.29. The topological polar surface area (TPSA) is 119 Å². The van der Waals surface area contributed by atoms with Crippen LogP contribution in [0, 0.1) is 0 Å². The average Bonchev–Trinajstić information content (AvgIpc) is 3.58. The summed E-state index contributed by atoms with van der Waals surface area (Å²) < 4.78 is 0. The first-order valence-corrected chi connectivity index (χ1v) is 15.2. The van der Waals surface area contributed by atoms with Gasteiger partial charge in [-0.05, 0) is 90.5 Å². The van der Waals surface area contributed by atoms with Crippen molar-refractivity contribution in [2.45, 2.75) is 78.9 Å². The number of carbonyl (C=O) groups excluding carboxylic acids is 4. The maximum Gasteiger partial charge on any atom is 0.332 e. The molecule has 1 N–H and O–H groups in total. The third-order valence-electron chi connectivity index (χ3n) is 7.73. The van der Waals surface area contributed by atoms with Crippen LogP contribution >= 0.6 is 0 Å². The molecule has 2 aromatic rings. The second-order valence-electron chi connectivity index (χ2n) is 11.0. The molecule has 11 heteroatoms. The summed E-state index contributed by atoms with van der Waals surface area (Å²) >= 11 is 0. The van der Waals surface area contributed by atoms with E-state index < -0.39 is 6.04 Å². The second kappa shape index (κ2) is 15.7. The molecule has 2 aliphatic rings. The molecule has 3 heterocycles. The van der Waals surface area contributed by atoms with E-state index in [2.05, 4.69) is 40.7 Å². The molecule has 1 aromatic heterocycles. The number of hydrogen-bond donors (Lipinski definition) is 1. The first kappa shape index (κ1) is 34.5. The van der Waals surface area contributed by atoms with Crippen LogP contribution in [0.5, 0.6) is 0 Å². The number of fused-ring (bicyclic) bond motifs is 1. The highest BCUT2D eigenvalue weighted by Crippen LogP contribution is 2.32. The molecule has 2 atom stereocenters. The predicted octanol–water partition coefficient (Wildman–Crippen LogP) is 4.89. The number of urea groups is 1. The lowest BCUT2D eigenvalue weighted by atomic mass is 10.0. The van der Waals surface area contributed by atoms with Gasteiger partial charge in [0.15, 0.2) is 11.6 Å². The quantitative estimate of drug-likeness (QED) is 0.281. The minimum atomic E-state index is -0.634. The first-order valence-electron chi connectivity index (χ1n) is 15.2. The van der Waals surface area contributed by atoms with E-state index in [1.807, 2.05) is 44.7 Å². The van der Waals surface area contributed by atoms with Crippen LogP contribution in [-0.4, -0.2) is 76.3 Å². The molecule has 0 radical (unpaired) electrons. The standard InChI is InChI=1S/C29H39N7O4.C5H4/c1-7-33(8-2)28-30-17-25(35(18(3)4)20(6)38)26(32-28)31-23(19(5)37)16-21-11-13-22(14-12-21)36-27(39)24-10-9-15-34(24)29(36)40;1-3-5-4-2/h11-14,17-18,23-24H,7-10,15-16H2,1-6H3,(H,30,31,32);1-2H2/t23-,24?;/m0./s1. The van der Waals surface area contributed by atoms with Gasteiger partial charge in [-0.3, -0.25) is 14.4 Å². The highest BCUT2D eigenvalue weighted by molar-refractivity contribution is 6.21. The fraction of sp³-hybridized carbons (Fsp3) is 0.441. The Morgan fingerprint density at radius 1 is 1.09 bits per heavy atom. The van der Waals surface area contributed by atoms with Gasteiger partial charge in [0.2, 0.25) is 11.9 Å². The minimum Gasteiger partial charge on any atom is -0.358 e. The maximum absolute atomic E-state index is 12.8. The fourth-order valence-electron chi connectivity index (χ4n) is 5.52. The number of ketones is 1. The summed E-state index contributed by atoms with van der Waals surface area (Å²) in [5.74, 6) is 0.488. The van der Waals surface area contributed by atoms with Crippen molar-refractivity contribution < 1.29 is 19.2 Å². The van der Waals surface area contributed by atoms with E-state index in [0.29, 0.717) is 55.6 Å². The smallest absolute Gasteiger partial charge is 0.332 e. The first-order chi connectivity index (χ1) is 21.5. The highest BCUT2D eigenvalue weighted by Gasteiger charge is 2.47. The average molecular weight is 614 g/mol. The van der Waals surface area contributed by atoms with E-state index >= 15 is 0 Å². The number of hydrogen-bond acceptors (Lipinski definition) is 8. The summed E-state index contributed by atoms with van der Waals surface area (Å²) in [6.07, 6.45) is 3.52. The number of benzene rings is 1. The molecule has 4 amide bonds. The monoisotopic (exact) mass is 613 g/mol. The Morgan fingerprint density at radius 3 is 2.22 bits per heavy atom. The van der Waals surface area contributed by atoms with Gasteiger partial charge in [-0.1, -0.05) is 23.6 Å². The second-order valence-corrected chi connectivity index (χ2v) is 11.0. The number of aromatic nitrogens is 2. The van der Waals surface area contributed by atoms with Crippen molar-refractivity contribution in [3.63, 3.8) is 0 Å². The van der Waals surface area contributed by atoms with Crippen molar-refractivity contribution in [1.29, 1.82) is 0 Å². The molecule has 0 aliphatic carbocycles. The Hall–Kier alpha value is -4.94. The van der Waals surface area contributed by atoms with Gasteiger partial charge >= 0.3 is 6.03 Å². The van der Waals surface area contributed by atoms with Gasteiger partial charge in [0.05, 0.1) is 17.9 Å². The number of anilines is 4. The number of Topliss-reactive ketones (excluding diaryl/α,β-unsaturated/α-hetero) is 1. The number of carbonyl (C=O) groups is 4. The van der Waals surface area contributed by atoms with Gasteiger partial charge < -0.3 is 20.0 Å². The predicted molar refractivity (Wildman–Crippen MR) is 177 cm³/mol. The minimum absolute atomic E-state index is 0.0949. The number of amides is 4. The Kier molecular flexibility index (Phi) is 12.0. The molecule has 1 unspecified atom stereocenters. The zero-order chi connectivity index (χ0) is 33.3. The van der Waals surface area contributed by atoms with Crippen LogP contribution in [0.25, 0.3) is 0 Å². The van der Waals surface area contributed by atoms with E-state index in [-0.39, 0.29) is 35.7 Å². The summed E-state index contributed by atoms with van der Waals surface area (Å²) in [4.78, 5) is 66.7. The van der Waals surface area contributed by atoms with Gasteiger partial charge in [-0.25, -0.2) is 14.7 Å². The van der Waals surface area contributed by atoms with Crippen LogP contribution in [0.15, 0.2) is 60.8 Å². The Morgan fingerprint density at radius 2 is 1.73 bits per heavy atom. The van der Waals surface area contributed by atoms with Crippen LogP contribution in [-0.2, 0) is 20.8 Å². The number of nitrogens with zero attached hydrogens (tertiary/aromatic N) is 6. The molecule has 4 rings (SSSR count). The van der Waals surface area contributed by atoms with Crippen molar-refractivity contribution in [3.8, 4) is 0 Å². The van der Waals surface area contributed by atoms with Crippen LogP contribution < -0.4 is 20.0 Å². The lowest BCUT2D eigenvalue weighted by Crippen LogP contribution is -2.38. The summed E-state index contributed by atoms with van der Waals surface area (Å²) in [6.45, 7) is 19.3. The van der Waals surface area contributed by atoms with Gasteiger partial charge in [-0.2, -0.15) is 4.98 Å². The molecule has 238 valence electrons. The van der Waals surface area contributed by atoms with Gasteiger partial charge in [0.1, 0.15) is 11.7 Å². The van der Waals surface area contributed by atoms with Crippen LogP contribution in [0.3, 0.4) is 0 Å². The third-order valence-corrected chi connectivity index (χ3v) is 7.73. The molecule has 11 nitrogen and oxygen atoms in total. The lowest BCUT2D eigenvalue weighted by molar-refractivity contribution is -0.119. The molecule has 0 saturated carbocycles. The molecule has 2 fully saturated rings. The van der Waals surface area contributed by atoms with E-state index in [4.69, 9.17) is 4.98 Å². The van der Waals surface area contributed by atoms with E-state index in [1.54, 1.807) is 28.1 Å². The van der Waals surface area contributed by atoms with Crippen LogP contribution in [0.4, 0.5) is 27.9 Å². The van der Waals surface area contributed by atoms with Gasteiger partial charge in [0, 0.05) is 32.6 Å². The third kappa shape index (κ3) is 7.97. The van der Waals surface area contributed by atoms with E-state index in [9.17, 15) is 19.2 Å². The SMILES string of the molecule is C=C=C=C=C.CCN(CC)c1ncc(N(C(C)=O)C(C)C)c(N[C@@H](Cc2ccc(N3C(=O)C4CCCN4C3=O)cc2)C(C)=O)n1. The summed E-state index contributed by atoms with van der Waals surface area (Å²) in [6, 6.07) is 5.74.